The molecule has 0 spiro atoms. The molecule has 0 fully saturated rings. The van der Waals surface area contributed by atoms with Gasteiger partial charge in [-0.1, -0.05) is 60.7 Å². The summed E-state index contributed by atoms with van der Waals surface area (Å²) in [4.78, 5) is 44.9. The van der Waals surface area contributed by atoms with E-state index in [1.807, 2.05) is 84.0 Å². The summed E-state index contributed by atoms with van der Waals surface area (Å²) in [6, 6.07) is 20.3. The number of carbonyl (C=O) groups is 3. The highest BCUT2D eigenvalue weighted by molar-refractivity contribution is 7.10. The van der Waals surface area contributed by atoms with E-state index in [9.17, 15) is 14.4 Å². The summed E-state index contributed by atoms with van der Waals surface area (Å²) >= 11 is 1.44. The molecule has 198 valence electrons. The SMILES string of the molecule is CCN1C(=O)C(Nc2cncc3ccccc23)=C(C(=O)OC(=O)OC)C(c2cccs2)N1Cc1ccccc1. The van der Waals surface area contributed by atoms with Gasteiger partial charge in [-0.2, -0.15) is 0 Å². The lowest BCUT2D eigenvalue weighted by Crippen LogP contribution is -2.54. The van der Waals surface area contributed by atoms with Crippen molar-refractivity contribution in [2.45, 2.75) is 19.5 Å². The minimum absolute atomic E-state index is 0.00131. The van der Waals surface area contributed by atoms with Crippen LogP contribution in [-0.2, 0) is 25.6 Å². The number of ether oxygens (including phenoxy) is 2. The van der Waals surface area contributed by atoms with Crippen LogP contribution in [0.1, 0.15) is 23.4 Å². The Labute approximate surface area is 229 Å². The van der Waals surface area contributed by atoms with Gasteiger partial charge in [0.05, 0.1) is 30.6 Å². The van der Waals surface area contributed by atoms with Crippen molar-refractivity contribution >= 4 is 45.8 Å². The topological polar surface area (TPSA) is 101 Å². The van der Waals surface area contributed by atoms with Gasteiger partial charge in [0.25, 0.3) is 5.91 Å². The predicted octanol–water partition coefficient (Wildman–Crippen LogP) is 5.29. The first kappa shape index (κ1) is 26.1. The molecular formula is C29H26N4O5S. The Morgan fingerprint density at radius 1 is 1.03 bits per heavy atom. The number of hydrazine groups is 1. The van der Waals surface area contributed by atoms with E-state index in [2.05, 4.69) is 15.0 Å². The lowest BCUT2D eigenvalue weighted by Gasteiger charge is -2.44. The molecule has 4 aromatic rings. The molecule has 1 aliphatic rings. The number of carbonyl (C=O) groups excluding carboxylic acids is 3. The van der Waals surface area contributed by atoms with E-state index < -0.39 is 24.1 Å². The number of thiophene rings is 1. The number of pyridine rings is 1. The van der Waals surface area contributed by atoms with Crippen molar-refractivity contribution in [2.24, 2.45) is 0 Å². The van der Waals surface area contributed by atoms with Crippen molar-refractivity contribution in [3.8, 4) is 0 Å². The van der Waals surface area contributed by atoms with Crippen LogP contribution >= 0.6 is 11.3 Å². The number of likely N-dealkylation sites (N-methyl/N-ethyl adjacent to an activating group) is 1. The molecule has 1 atom stereocenters. The van der Waals surface area contributed by atoms with Crippen LogP contribution in [0.3, 0.4) is 0 Å². The van der Waals surface area contributed by atoms with Gasteiger partial charge in [0.2, 0.25) is 0 Å². The van der Waals surface area contributed by atoms with Gasteiger partial charge in [0.1, 0.15) is 5.70 Å². The van der Waals surface area contributed by atoms with E-state index in [1.54, 1.807) is 17.4 Å². The highest BCUT2D eigenvalue weighted by Crippen LogP contribution is 2.41. The molecule has 1 N–H and O–H groups in total. The Bertz CT molecular complexity index is 1530. The van der Waals surface area contributed by atoms with Gasteiger partial charge >= 0.3 is 12.1 Å². The highest BCUT2D eigenvalue weighted by atomic mass is 32.1. The number of hydrogen-bond donors (Lipinski definition) is 1. The number of fused-ring (bicyclic) bond motifs is 1. The maximum absolute atomic E-state index is 14.1. The van der Waals surface area contributed by atoms with Crippen LogP contribution in [0.15, 0.2) is 95.8 Å². The molecule has 1 unspecified atom stereocenters. The normalized spacial score (nSPS) is 15.9. The van der Waals surface area contributed by atoms with Crippen molar-refractivity contribution in [1.29, 1.82) is 0 Å². The number of rotatable bonds is 7. The summed E-state index contributed by atoms with van der Waals surface area (Å²) in [5.41, 5.74) is 1.49. The monoisotopic (exact) mass is 542 g/mol. The second-order valence-corrected chi connectivity index (χ2v) is 9.67. The zero-order valence-corrected chi connectivity index (χ0v) is 22.2. The van der Waals surface area contributed by atoms with Gasteiger partial charge in [-0.15, -0.1) is 11.3 Å². The second kappa shape index (κ2) is 11.5. The van der Waals surface area contributed by atoms with E-state index in [4.69, 9.17) is 4.74 Å². The number of benzene rings is 2. The summed E-state index contributed by atoms with van der Waals surface area (Å²) in [6.45, 7) is 2.54. The average Bonchev–Trinajstić information content (AvgIpc) is 3.49. The molecular weight excluding hydrogens is 516 g/mol. The maximum atomic E-state index is 14.1. The molecule has 3 heterocycles. The molecule has 0 bridgehead atoms. The number of anilines is 1. The fourth-order valence-corrected chi connectivity index (χ4v) is 5.49. The van der Waals surface area contributed by atoms with Crippen LogP contribution in [0.4, 0.5) is 10.5 Å². The lowest BCUT2D eigenvalue weighted by atomic mass is 9.97. The molecule has 0 aliphatic carbocycles. The third-order valence-corrected chi connectivity index (χ3v) is 7.31. The molecule has 39 heavy (non-hydrogen) atoms. The molecule has 0 radical (unpaired) electrons. The predicted molar refractivity (Wildman–Crippen MR) is 147 cm³/mol. The Morgan fingerprint density at radius 3 is 2.51 bits per heavy atom. The maximum Gasteiger partial charge on any atom is 0.516 e. The van der Waals surface area contributed by atoms with E-state index in [0.717, 1.165) is 28.3 Å². The zero-order chi connectivity index (χ0) is 27.4. The van der Waals surface area contributed by atoms with Crippen molar-refractivity contribution in [3.05, 3.63) is 106 Å². The summed E-state index contributed by atoms with van der Waals surface area (Å²) < 4.78 is 9.63. The first-order valence-corrected chi connectivity index (χ1v) is 13.2. The Balaban J connectivity index is 1.71. The van der Waals surface area contributed by atoms with Crippen LogP contribution in [0.5, 0.6) is 0 Å². The largest absolute Gasteiger partial charge is 0.516 e. The first-order valence-electron chi connectivity index (χ1n) is 12.3. The Hall–Kier alpha value is -4.54. The van der Waals surface area contributed by atoms with E-state index >= 15 is 0 Å². The fraction of sp³-hybridized carbons (Fsp3) is 0.172. The van der Waals surface area contributed by atoms with Gasteiger partial charge < -0.3 is 14.8 Å². The molecule has 5 rings (SSSR count). The van der Waals surface area contributed by atoms with Crippen molar-refractivity contribution in [1.82, 2.24) is 15.0 Å². The fourth-order valence-electron chi connectivity index (χ4n) is 4.65. The van der Waals surface area contributed by atoms with Crippen LogP contribution in [0.25, 0.3) is 10.8 Å². The number of esters is 1. The Kier molecular flexibility index (Phi) is 7.67. The number of aromatic nitrogens is 1. The number of amides is 1. The van der Waals surface area contributed by atoms with Gasteiger partial charge in [-0.05, 0) is 23.9 Å². The molecule has 2 aromatic heterocycles. The summed E-state index contributed by atoms with van der Waals surface area (Å²) in [5.74, 6) is -1.41. The number of hydrogen-bond acceptors (Lipinski definition) is 9. The van der Waals surface area contributed by atoms with E-state index in [1.165, 1.54) is 11.3 Å². The first-order chi connectivity index (χ1) is 19.0. The smallest absolute Gasteiger partial charge is 0.437 e. The van der Waals surface area contributed by atoms with Crippen molar-refractivity contribution in [3.63, 3.8) is 0 Å². The molecule has 10 heteroatoms. The zero-order valence-electron chi connectivity index (χ0n) is 21.4. The van der Waals surface area contributed by atoms with E-state index in [-0.39, 0.29) is 11.3 Å². The number of nitrogens with zero attached hydrogens (tertiary/aromatic N) is 3. The van der Waals surface area contributed by atoms with Gasteiger partial charge in [-0.25, -0.2) is 14.6 Å². The molecule has 9 nitrogen and oxygen atoms in total. The molecule has 0 saturated heterocycles. The third kappa shape index (κ3) is 5.25. The number of methoxy groups -OCH3 is 1. The lowest BCUT2D eigenvalue weighted by molar-refractivity contribution is -0.156. The van der Waals surface area contributed by atoms with Crippen LogP contribution < -0.4 is 5.32 Å². The number of nitrogens with one attached hydrogen (secondary N) is 1. The van der Waals surface area contributed by atoms with Gasteiger partial charge in [0.15, 0.2) is 0 Å². The molecule has 2 aromatic carbocycles. The van der Waals surface area contributed by atoms with Crippen LogP contribution in [0, 0.1) is 0 Å². The minimum Gasteiger partial charge on any atom is -0.437 e. The van der Waals surface area contributed by atoms with Crippen LogP contribution in [0.2, 0.25) is 0 Å². The Morgan fingerprint density at radius 2 is 1.79 bits per heavy atom. The summed E-state index contributed by atoms with van der Waals surface area (Å²) in [5, 5.41) is 10.2. The summed E-state index contributed by atoms with van der Waals surface area (Å²) in [7, 11) is 1.12. The quantitative estimate of drug-likeness (QED) is 0.248. The second-order valence-electron chi connectivity index (χ2n) is 8.69. The standard InChI is InChI=1S/C29H26N4O5S/c1-3-32-27(34)25(31-22-17-30-16-20-12-7-8-13-21(20)22)24(28(35)38-29(36)37-2)26(23-14-9-15-39-23)33(32)18-19-10-5-4-6-11-19/h4-17,26,31H,3,18H2,1-2H3. The molecule has 0 saturated carbocycles. The van der Waals surface area contributed by atoms with Crippen LogP contribution in [-0.4, -0.2) is 46.7 Å². The van der Waals surface area contributed by atoms with E-state index in [0.29, 0.717) is 18.8 Å². The van der Waals surface area contributed by atoms with Crippen molar-refractivity contribution < 1.29 is 23.9 Å². The highest BCUT2D eigenvalue weighted by Gasteiger charge is 2.45. The summed E-state index contributed by atoms with van der Waals surface area (Å²) in [6.07, 6.45) is 2.15. The molecule has 1 amide bonds. The average molecular weight is 543 g/mol. The van der Waals surface area contributed by atoms with Crippen molar-refractivity contribution in [2.75, 3.05) is 19.0 Å². The van der Waals surface area contributed by atoms with Gasteiger partial charge in [-0.3, -0.25) is 14.8 Å². The minimum atomic E-state index is -1.16. The molecule has 1 aliphatic heterocycles. The third-order valence-electron chi connectivity index (χ3n) is 6.39. The van der Waals surface area contributed by atoms with Gasteiger partial charge in [0, 0.05) is 34.9 Å².